The van der Waals surface area contributed by atoms with Crippen LogP contribution in [-0.4, -0.2) is 38.8 Å². The third-order valence-electron chi connectivity index (χ3n) is 5.45. The number of hydrogen-bond donors (Lipinski definition) is 1. The van der Waals surface area contributed by atoms with Crippen LogP contribution < -0.4 is 0 Å². The molecule has 150 valence electrons. The van der Waals surface area contributed by atoms with Crippen LogP contribution in [0, 0.1) is 0 Å². The number of carboxylic acids is 1. The molecule has 0 aliphatic carbocycles. The fraction of sp³-hybridized carbons (Fsp3) is 0.238. The molecule has 1 N–H and O–H groups in total. The third-order valence-corrected chi connectivity index (χ3v) is 5.95. The summed E-state index contributed by atoms with van der Waals surface area (Å²) in [5, 5.41) is 12.8. The van der Waals surface area contributed by atoms with Crippen LogP contribution in [-0.2, 0) is 21.7 Å². The first-order valence-electron chi connectivity index (χ1n) is 9.02. The lowest BCUT2D eigenvalue weighted by Crippen LogP contribution is -2.46. The quantitative estimate of drug-likeness (QED) is 0.655. The Labute approximate surface area is 178 Å². The summed E-state index contributed by atoms with van der Waals surface area (Å²) in [6.45, 7) is 0.433. The van der Waals surface area contributed by atoms with Gasteiger partial charge in [-0.15, -0.1) is 0 Å². The highest BCUT2D eigenvalue weighted by Gasteiger charge is 2.58. The Morgan fingerprint density at radius 3 is 2.31 bits per heavy atom. The van der Waals surface area contributed by atoms with Crippen molar-refractivity contribution in [2.45, 2.75) is 24.1 Å². The minimum absolute atomic E-state index is 0.433. The first-order chi connectivity index (χ1) is 13.9. The van der Waals surface area contributed by atoms with Gasteiger partial charge in [-0.05, 0) is 35.4 Å². The normalized spacial score (nSPS) is 24.7. The van der Waals surface area contributed by atoms with Crippen LogP contribution in [0.3, 0.4) is 0 Å². The molecule has 0 amide bonds. The predicted octanol–water partition coefficient (Wildman–Crippen LogP) is 4.20. The molecule has 0 bridgehead atoms. The first-order valence-corrected chi connectivity index (χ1v) is 9.78. The zero-order valence-electron chi connectivity index (χ0n) is 15.6. The van der Waals surface area contributed by atoms with Crippen molar-refractivity contribution in [3.05, 3.63) is 88.4 Å². The maximum atomic E-state index is 12.2. The monoisotopic (exact) mass is 431 g/mol. The lowest BCUT2D eigenvalue weighted by molar-refractivity contribution is -0.190. The molecular weight excluding hydrogens is 413 g/mol. The molecule has 2 heterocycles. The summed E-state index contributed by atoms with van der Waals surface area (Å²) in [5.41, 5.74) is 0.894. The van der Waals surface area contributed by atoms with Gasteiger partial charge in [0.2, 0.25) is 0 Å². The number of aromatic nitrogens is 2. The van der Waals surface area contributed by atoms with E-state index in [-0.39, 0.29) is 0 Å². The van der Waals surface area contributed by atoms with E-state index in [4.69, 9.17) is 28.0 Å². The number of hydrogen-bond acceptors (Lipinski definition) is 4. The molecule has 3 unspecified atom stereocenters. The Hall–Kier alpha value is -2.38. The average Bonchev–Trinajstić information content (AvgIpc) is 3.30. The molecular formula is C21H19Cl2N3O3. The highest BCUT2D eigenvalue weighted by Crippen LogP contribution is 2.51. The largest absolute Gasteiger partial charge is 0.479 e. The van der Waals surface area contributed by atoms with E-state index in [2.05, 4.69) is 4.98 Å². The average molecular weight is 432 g/mol. The van der Waals surface area contributed by atoms with Gasteiger partial charge in [-0.3, -0.25) is 4.84 Å². The first kappa shape index (κ1) is 19.9. The molecule has 1 aliphatic heterocycles. The molecule has 4 rings (SSSR count). The number of imidazole rings is 1. The number of carboxylic acid groups (broad SMARTS) is 1. The molecule has 1 aromatic heterocycles. The molecule has 3 aromatic rings. The number of benzene rings is 2. The molecule has 0 spiro atoms. The Bertz CT molecular complexity index is 993. The number of halogens is 2. The highest BCUT2D eigenvalue weighted by molar-refractivity contribution is 6.30. The number of nitrogens with zero attached hydrogens (tertiary/aromatic N) is 3. The number of hydroxylamine groups is 2. The van der Waals surface area contributed by atoms with Gasteiger partial charge < -0.3 is 9.67 Å². The number of likely N-dealkylation sites (N-methyl/N-ethyl adjacent to an activating group) is 1. The van der Waals surface area contributed by atoms with Crippen molar-refractivity contribution in [1.82, 2.24) is 14.6 Å². The second-order valence-corrected chi connectivity index (χ2v) is 7.93. The van der Waals surface area contributed by atoms with Crippen LogP contribution in [0.25, 0.3) is 0 Å². The van der Waals surface area contributed by atoms with Gasteiger partial charge in [0.15, 0.2) is 6.10 Å². The molecule has 1 aliphatic rings. The van der Waals surface area contributed by atoms with Crippen molar-refractivity contribution in [3.63, 3.8) is 0 Å². The SMILES string of the molecule is CN1OC(C(=O)O)C(c2ccc(Cl)cc2)C1(Cn1ccnc1)c1ccc(Cl)cc1. The van der Waals surface area contributed by atoms with Crippen molar-refractivity contribution < 1.29 is 14.7 Å². The Morgan fingerprint density at radius 1 is 1.14 bits per heavy atom. The second kappa shape index (κ2) is 7.80. The smallest absolute Gasteiger partial charge is 0.335 e. The van der Waals surface area contributed by atoms with E-state index in [9.17, 15) is 9.90 Å². The lowest BCUT2D eigenvalue weighted by Gasteiger charge is -2.39. The topological polar surface area (TPSA) is 67.6 Å². The summed E-state index contributed by atoms with van der Waals surface area (Å²) < 4.78 is 1.92. The van der Waals surface area contributed by atoms with E-state index in [1.165, 1.54) is 0 Å². The van der Waals surface area contributed by atoms with Gasteiger partial charge in [-0.1, -0.05) is 47.5 Å². The molecule has 6 nitrogen and oxygen atoms in total. The van der Waals surface area contributed by atoms with Gasteiger partial charge in [-0.25, -0.2) is 9.78 Å². The number of carbonyl (C=O) groups is 1. The molecule has 29 heavy (non-hydrogen) atoms. The summed E-state index contributed by atoms with van der Waals surface area (Å²) in [7, 11) is 1.76. The van der Waals surface area contributed by atoms with Gasteiger partial charge in [0.1, 0.15) is 0 Å². The van der Waals surface area contributed by atoms with E-state index in [1.807, 2.05) is 35.0 Å². The molecule has 3 atom stereocenters. The van der Waals surface area contributed by atoms with Crippen LogP contribution in [0.4, 0.5) is 0 Å². The van der Waals surface area contributed by atoms with E-state index in [0.717, 1.165) is 11.1 Å². The molecule has 8 heteroatoms. The fourth-order valence-electron chi connectivity index (χ4n) is 4.13. The Balaban J connectivity index is 1.94. The molecule has 0 radical (unpaired) electrons. The van der Waals surface area contributed by atoms with Crippen LogP contribution in [0.5, 0.6) is 0 Å². The summed E-state index contributed by atoms with van der Waals surface area (Å²) in [5.74, 6) is -1.54. The van der Waals surface area contributed by atoms with E-state index >= 15 is 0 Å². The van der Waals surface area contributed by atoms with Crippen molar-refractivity contribution >= 4 is 29.2 Å². The summed E-state index contributed by atoms with van der Waals surface area (Å²) in [6, 6.07) is 14.6. The molecule has 1 fully saturated rings. The lowest BCUT2D eigenvalue weighted by atomic mass is 9.72. The van der Waals surface area contributed by atoms with Crippen molar-refractivity contribution in [1.29, 1.82) is 0 Å². The van der Waals surface area contributed by atoms with Gasteiger partial charge in [0.25, 0.3) is 0 Å². The predicted molar refractivity (Wildman–Crippen MR) is 110 cm³/mol. The van der Waals surface area contributed by atoms with E-state index in [0.29, 0.717) is 16.6 Å². The number of aliphatic carboxylic acids is 1. The summed E-state index contributed by atoms with van der Waals surface area (Å²) in [6.07, 6.45) is 4.18. The third kappa shape index (κ3) is 3.53. The molecule has 1 saturated heterocycles. The Morgan fingerprint density at radius 2 is 1.76 bits per heavy atom. The van der Waals surface area contributed by atoms with Crippen LogP contribution in [0.2, 0.25) is 10.0 Å². The fourth-order valence-corrected chi connectivity index (χ4v) is 4.38. The highest BCUT2D eigenvalue weighted by atomic mass is 35.5. The van der Waals surface area contributed by atoms with Gasteiger partial charge in [0.05, 0.1) is 11.9 Å². The minimum Gasteiger partial charge on any atom is -0.479 e. The second-order valence-electron chi connectivity index (χ2n) is 7.06. The maximum absolute atomic E-state index is 12.2. The standard InChI is InChI=1S/C21H19Cl2N3O3/c1-25-21(12-26-11-10-24-13-26,15-4-8-17(23)9-5-15)18(19(29-25)20(27)28)14-2-6-16(22)7-3-14/h2-11,13,18-19H,12H2,1H3,(H,27,28). The van der Waals surface area contributed by atoms with Gasteiger partial charge in [0, 0.05) is 41.9 Å². The van der Waals surface area contributed by atoms with Gasteiger partial charge >= 0.3 is 5.97 Å². The summed E-state index contributed by atoms with van der Waals surface area (Å²) >= 11 is 12.2. The van der Waals surface area contributed by atoms with Crippen molar-refractivity contribution in [2.24, 2.45) is 0 Å². The zero-order chi connectivity index (χ0) is 20.6. The minimum atomic E-state index is -1.07. The number of rotatable bonds is 5. The van der Waals surface area contributed by atoms with E-state index < -0.39 is 23.5 Å². The van der Waals surface area contributed by atoms with Crippen LogP contribution in [0.1, 0.15) is 17.0 Å². The maximum Gasteiger partial charge on any atom is 0.335 e. The van der Waals surface area contributed by atoms with Crippen LogP contribution >= 0.6 is 23.2 Å². The summed E-state index contributed by atoms with van der Waals surface area (Å²) in [4.78, 5) is 22.2. The zero-order valence-corrected chi connectivity index (χ0v) is 17.1. The van der Waals surface area contributed by atoms with Crippen molar-refractivity contribution in [3.8, 4) is 0 Å². The van der Waals surface area contributed by atoms with Crippen molar-refractivity contribution in [2.75, 3.05) is 7.05 Å². The van der Waals surface area contributed by atoms with Crippen LogP contribution in [0.15, 0.2) is 67.3 Å². The molecule has 2 aromatic carbocycles. The van der Waals surface area contributed by atoms with Gasteiger partial charge in [-0.2, -0.15) is 5.06 Å². The Kier molecular flexibility index (Phi) is 5.36. The molecule has 0 saturated carbocycles. The van der Waals surface area contributed by atoms with E-state index in [1.54, 1.807) is 48.9 Å².